The van der Waals surface area contributed by atoms with E-state index in [0.717, 1.165) is 0 Å². The average molecular weight is 357 g/mol. The Morgan fingerprint density at radius 3 is 2.35 bits per heavy atom. The van der Waals surface area contributed by atoms with Crippen molar-refractivity contribution in [3.8, 4) is 0 Å². The molecule has 2 aromatic carbocycles. The summed E-state index contributed by atoms with van der Waals surface area (Å²) in [6, 6.07) is 14.9. The van der Waals surface area contributed by atoms with Crippen LogP contribution in [0.25, 0.3) is 0 Å². The summed E-state index contributed by atoms with van der Waals surface area (Å²) in [6.45, 7) is -0.370. The standard InChI is InChI=1S/C18H19N3O5/c22-11-10-19-15-9-5-4-8-14(15)18(25)26-12-16(23)20-21-17(24)13-6-2-1-3-7-13/h1-9,19,22H,10-12H2,(H,20,23)(H,21,24). The second kappa shape index (κ2) is 9.80. The molecule has 0 radical (unpaired) electrons. The third kappa shape index (κ3) is 5.60. The van der Waals surface area contributed by atoms with Crippen LogP contribution in [0.3, 0.4) is 0 Å². The van der Waals surface area contributed by atoms with Crippen molar-refractivity contribution in [1.82, 2.24) is 10.9 Å². The fourth-order valence-corrected chi connectivity index (χ4v) is 2.04. The summed E-state index contributed by atoms with van der Waals surface area (Å²) in [4.78, 5) is 35.6. The summed E-state index contributed by atoms with van der Waals surface area (Å²) in [5.41, 5.74) is 5.52. The van der Waals surface area contributed by atoms with Gasteiger partial charge in [0.1, 0.15) is 0 Å². The number of benzene rings is 2. The highest BCUT2D eigenvalue weighted by Crippen LogP contribution is 2.15. The Morgan fingerprint density at radius 2 is 1.62 bits per heavy atom. The highest BCUT2D eigenvalue weighted by molar-refractivity contribution is 5.97. The minimum Gasteiger partial charge on any atom is -0.452 e. The summed E-state index contributed by atoms with van der Waals surface area (Å²) in [5, 5.41) is 11.7. The van der Waals surface area contributed by atoms with Gasteiger partial charge in [0.25, 0.3) is 11.8 Å². The normalized spacial score (nSPS) is 9.88. The average Bonchev–Trinajstić information content (AvgIpc) is 2.69. The Kier molecular flexibility index (Phi) is 7.14. The molecule has 0 atom stereocenters. The fraction of sp³-hybridized carbons (Fsp3) is 0.167. The first-order chi connectivity index (χ1) is 12.6. The van der Waals surface area contributed by atoms with Crippen molar-refractivity contribution >= 4 is 23.5 Å². The maximum Gasteiger partial charge on any atom is 0.340 e. The van der Waals surface area contributed by atoms with E-state index in [1.807, 2.05) is 0 Å². The molecule has 8 heteroatoms. The van der Waals surface area contributed by atoms with Crippen LogP contribution in [0.15, 0.2) is 54.6 Å². The third-order valence-corrected chi connectivity index (χ3v) is 3.26. The Balaban J connectivity index is 1.82. The van der Waals surface area contributed by atoms with Gasteiger partial charge in [0.15, 0.2) is 6.61 Å². The summed E-state index contributed by atoms with van der Waals surface area (Å²) >= 11 is 0. The lowest BCUT2D eigenvalue weighted by Crippen LogP contribution is -2.43. The SMILES string of the molecule is O=C(COC(=O)c1ccccc1NCCO)NNC(=O)c1ccccc1. The molecule has 2 amide bonds. The lowest BCUT2D eigenvalue weighted by molar-refractivity contribution is -0.125. The van der Waals surface area contributed by atoms with Gasteiger partial charge < -0.3 is 15.2 Å². The van der Waals surface area contributed by atoms with Crippen molar-refractivity contribution < 1.29 is 24.2 Å². The van der Waals surface area contributed by atoms with Gasteiger partial charge in [-0.2, -0.15) is 0 Å². The van der Waals surface area contributed by atoms with Gasteiger partial charge in [-0.15, -0.1) is 0 Å². The number of para-hydroxylation sites is 1. The van der Waals surface area contributed by atoms with Crippen molar-refractivity contribution in [1.29, 1.82) is 0 Å². The third-order valence-electron chi connectivity index (χ3n) is 3.26. The number of nitrogens with one attached hydrogen (secondary N) is 3. The van der Waals surface area contributed by atoms with Crippen LogP contribution in [0.5, 0.6) is 0 Å². The van der Waals surface area contributed by atoms with E-state index in [1.54, 1.807) is 48.5 Å². The first kappa shape index (κ1) is 18.9. The van der Waals surface area contributed by atoms with Gasteiger partial charge in [-0.3, -0.25) is 20.4 Å². The van der Waals surface area contributed by atoms with Crippen LogP contribution >= 0.6 is 0 Å². The molecule has 0 saturated heterocycles. The van der Waals surface area contributed by atoms with Crippen LogP contribution < -0.4 is 16.2 Å². The van der Waals surface area contributed by atoms with Crippen LogP contribution in [0.2, 0.25) is 0 Å². The first-order valence-electron chi connectivity index (χ1n) is 7.87. The fourth-order valence-electron chi connectivity index (χ4n) is 2.04. The number of esters is 1. The highest BCUT2D eigenvalue weighted by Gasteiger charge is 2.14. The van der Waals surface area contributed by atoms with Gasteiger partial charge in [-0.25, -0.2) is 4.79 Å². The predicted molar refractivity (Wildman–Crippen MR) is 94.4 cm³/mol. The molecule has 0 aliphatic heterocycles. The molecule has 8 nitrogen and oxygen atoms in total. The summed E-state index contributed by atoms with van der Waals surface area (Å²) in [5.74, 6) is -1.86. The molecule has 0 aliphatic rings. The van der Waals surface area contributed by atoms with E-state index in [4.69, 9.17) is 9.84 Å². The Bertz CT molecular complexity index is 764. The van der Waals surface area contributed by atoms with Crippen LogP contribution in [-0.2, 0) is 9.53 Å². The van der Waals surface area contributed by atoms with Crippen LogP contribution in [0.4, 0.5) is 5.69 Å². The van der Waals surface area contributed by atoms with Gasteiger partial charge in [0.2, 0.25) is 0 Å². The van der Waals surface area contributed by atoms with Gasteiger partial charge in [0, 0.05) is 17.8 Å². The van der Waals surface area contributed by atoms with E-state index in [-0.39, 0.29) is 18.7 Å². The molecule has 26 heavy (non-hydrogen) atoms. The van der Waals surface area contributed by atoms with E-state index in [2.05, 4.69) is 16.2 Å². The Morgan fingerprint density at radius 1 is 0.923 bits per heavy atom. The number of hydrazine groups is 1. The molecule has 0 bridgehead atoms. The molecule has 0 spiro atoms. The lowest BCUT2D eigenvalue weighted by atomic mass is 10.2. The number of ether oxygens (including phenoxy) is 1. The van der Waals surface area contributed by atoms with Crippen molar-refractivity contribution in [2.75, 3.05) is 25.1 Å². The molecule has 0 fully saturated rings. The van der Waals surface area contributed by atoms with Crippen molar-refractivity contribution in [2.45, 2.75) is 0 Å². The maximum absolute atomic E-state index is 12.1. The number of amides is 2. The quantitative estimate of drug-likeness (QED) is 0.428. The second-order valence-corrected chi connectivity index (χ2v) is 5.14. The molecule has 4 N–H and O–H groups in total. The second-order valence-electron chi connectivity index (χ2n) is 5.14. The van der Waals surface area contributed by atoms with Crippen LogP contribution in [-0.4, -0.2) is 42.6 Å². The van der Waals surface area contributed by atoms with E-state index in [9.17, 15) is 14.4 Å². The molecule has 136 valence electrons. The largest absolute Gasteiger partial charge is 0.452 e. The number of hydrogen-bond donors (Lipinski definition) is 4. The number of carbonyl (C=O) groups excluding carboxylic acids is 3. The van der Waals surface area contributed by atoms with E-state index in [1.165, 1.54) is 6.07 Å². The number of rotatable bonds is 7. The summed E-state index contributed by atoms with van der Waals surface area (Å²) in [6.07, 6.45) is 0. The maximum atomic E-state index is 12.1. The minimum absolute atomic E-state index is 0.0904. The van der Waals surface area contributed by atoms with Crippen LogP contribution in [0, 0.1) is 0 Å². The molecule has 0 unspecified atom stereocenters. The topological polar surface area (TPSA) is 117 Å². The van der Waals surface area contributed by atoms with Gasteiger partial charge in [-0.1, -0.05) is 30.3 Å². The number of anilines is 1. The van der Waals surface area contributed by atoms with Crippen molar-refractivity contribution in [3.63, 3.8) is 0 Å². The Labute approximate surface area is 150 Å². The molecule has 2 rings (SSSR count). The van der Waals surface area contributed by atoms with Gasteiger partial charge in [-0.05, 0) is 24.3 Å². The number of hydrogen-bond acceptors (Lipinski definition) is 6. The lowest BCUT2D eigenvalue weighted by Gasteiger charge is -2.11. The molecule has 0 heterocycles. The summed E-state index contributed by atoms with van der Waals surface area (Å²) in [7, 11) is 0. The first-order valence-corrected chi connectivity index (χ1v) is 7.87. The van der Waals surface area contributed by atoms with Gasteiger partial charge in [0.05, 0.1) is 12.2 Å². The molecule has 0 saturated carbocycles. The van der Waals surface area contributed by atoms with Crippen molar-refractivity contribution in [3.05, 3.63) is 65.7 Å². The molecular formula is C18H19N3O5. The van der Waals surface area contributed by atoms with Gasteiger partial charge >= 0.3 is 5.97 Å². The zero-order valence-electron chi connectivity index (χ0n) is 13.9. The number of aliphatic hydroxyl groups excluding tert-OH is 1. The molecule has 0 aromatic heterocycles. The Hall–Kier alpha value is -3.39. The van der Waals surface area contributed by atoms with E-state index < -0.39 is 24.4 Å². The summed E-state index contributed by atoms with van der Waals surface area (Å²) < 4.78 is 4.94. The van der Waals surface area contributed by atoms with E-state index >= 15 is 0 Å². The monoisotopic (exact) mass is 357 g/mol. The van der Waals surface area contributed by atoms with Crippen LogP contribution in [0.1, 0.15) is 20.7 Å². The highest BCUT2D eigenvalue weighted by atomic mass is 16.5. The van der Waals surface area contributed by atoms with Crippen molar-refractivity contribution in [2.24, 2.45) is 0 Å². The molecule has 0 aliphatic carbocycles. The molecule has 2 aromatic rings. The number of carbonyl (C=O) groups is 3. The minimum atomic E-state index is -0.699. The predicted octanol–water partition coefficient (Wildman–Crippen LogP) is 0.709. The number of aliphatic hydroxyl groups is 1. The van der Waals surface area contributed by atoms with E-state index in [0.29, 0.717) is 11.3 Å². The zero-order valence-corrected chi connectivity index (χ0v) is 13.9. The molecular weight excluding hydrogens is 338 g/mol. The zero-order chi connectivity index (χ0) is 18.8. The smallest absolute Gasteiger partial charge is 0.340 e.